The van der Waals surface area contributed by atoms with Crippen LogP contribution in [0.2, 0.25) is 0 Å². The minimum atomic E-state index is -3.37. The first-order valence-electron chi connectivity index (χ1n) is 6.04. The number of amides is 1. The van der Waals surface area contributed by atoms with Crippen LogP contribution in [-0.4, -0.2) is 27.1 Å². The molecule has 0 bridgehead atoms. The number of sulfonamides is 1. The molecule has 0 atom stereocenters. The summed E-state index contributed by atoms with van der Waals surface area (Å²) in [5.41, 5.74) is 7.69. The van der Waals surface area contributed by atoms with Crippen molar-refractivity contribution in [2.24, 2.45) is 5.73 Å². The molecule has 6 heteroatoms. The molecule has 0 fully saturated rings. The highest BCUT2D eigenvalue weighted by atomic mass is 32.2. The molecule has 1 aromatic carbocycles. The summed E-state index contributed by atoms with van der Waals surface area (Å²) in [5.74, 6) is -0.422. The molecule has 0 radical (unpaired) electrons. The van der Waals surface area contributed by atoms with Crippen LogP contribution in [-0.2, 0) is 14.8 Å². The summed E-state index contributed by atoms with van der Waals surface area (Å²) >= 11 is 0. The zero-order chi connectivity index (χ0) is 14.6. The number of hydrogen-bond acceptors (Lipinski definition) is 3. The Morgan fingerprint density at radius 1 is 1.21 bits per heavy atom. The molecule has 1 amide bonds. The Bertz CT molecular complexity index is 547. The fourth-order valence-corrected chi connectivity index (χ4v) is 2.93. The summed E-state index contributed by atoms with van der Waals surface area (Å²) < 4.78 is 25.0. The van der Waals surface area contributed by atoms with Gasteiger partial charge in [0, 0.05) is 13.0 Å². The van der Waals surface area contributed by atoms with Gasteiger partial charge in [0.05, 0.1) is 11.9 Å². The molecule has 0 aliphatic heterocycles. The number of primary amides is 1. The molecule has 1 aromatic rings. The van der Waals surface area contributed by atoms with Crippen molar-refractivity contribution < 1.29 is 13.2 Å². The lowest BCUT2D eigenvalue weighted by Crippen LogP contribution is -2.31. The Balaban J connectivity index is 3.00. The second-order valence-corrected chi connectivity index (χ2v) is 6.66. The van der Waals surface area contributed by atoms with E-state index in [2.05, 4.69) is 0 Å². The zero-order valence-corrected chi connectivity index (χ0v) is 12.3. The minimum Gasteiger partial charge on any atom is -0.370 e. The Morgan fingerprint density at radius 3 is 2.16 bits per heavy atom. The fourth-order valence-electron chi connectivity index (χ4n) is 1.98. The van der Waals surface area contributed by atoms with E-state index < -0.39 is 15.9 Å². The molecule has 2 N–H and O–H groups in total. The van der Waals surface area contributed by atoms with Crippen LogP contribution in [0.5, 0.6) is 0 Å². The van der Waals surface area contributed by atoms with Gasteiger partial charge in [0.25, 0.3) is 0 Å². The van der Waals surface area contributed by atoms with E-state index in [1.54, 1.807) is 0 Å². The molecule has 1 rings (SSSR count). The maximum atomic E-state index is 11.8. The number of nitrogens with two attached hydrogens (primary N) is 1. The van der Waals surface area contributed by atoms with Crippen molar-refractivity contribution in [3.05, 3.63) is 29.3 Å². The van der Waals surface area contributed by atoms with Gasteiger partial charge in [-0.3, -0.25) is 9.10 Å². The summed E-state index contributed by atoms with van der Waals surface area (Å²) in [6, 6.07) is 5.62. The number of hydrogen-bond donors (Lipinski definition) is 1. The van der Waals surface area contributed by atoms with Crippen molar-refractivity contribution in [1.82, 2.24) is 0 Å². The molecular weight excluding hydrogens is 264 g/mol. The number of benzene rings is 1. The topological polar surface area (TPSA) is 80.5 Å². The molecular formula is C13H20N2O3S. The highest BCUT2D eigenvalue weighted by Crippen LogP contribution is 2.21. The summed E-state index contributed by atoms with van der Waals surface area (Å²) in [6.07, 6.45) is 1.75. The van der Waals surface area contributed by atoms with Gasteiger partial charge < -0.3 is 5.73 Å². The SMILES string of the molecule is Cc1cc(C)cc(N(CCCC(N)=O)S(C)(=O)=O)c1. The number of carbonyl (C=O) groups excluding carboxylic acids is 1. The first-order chi connectivity index (χ1) is 8.70. The Labute approximate surface area is 114 Å². The number of anilines is 1. The van der Waals surface area contributed by atoms with Gasteiger partial charge >= 0.3 is 0 Å². The molecule has 19 heavy (non-hydrogen) atoms. The van der Waals surface area contributed by atoms with Crippen LogP contribution in [0.15, 0.2) is 18.2 Å². The maximum Gasteiger partial charge on any atom is 0.232 e. The van der Waals surface area contributed by atoms with E-state index >= 15 is 0 Å². The molecule has 0 heterocycles. The summed E-state index contributed by atoms with van der Waals surface area (Å²) in [6.45, 7) is 4.09. The second kappa shape index (κ2) is 6.06. The van der Waals surface area contributed by atoms with E-state index in [0.29, 0.717) is 12.1 Å². The van der Waals surface area contributed by atoms with Crippen LogP contribution in [0, 0.1) is 13.8 Å². The van der Waals surface area contributed by atoms with Gasteiger partial charge in [-0.05, 0) is 43.5 Å². The maximum absolute atomic E-state index is 11.8. The predicted molar refractivity (Wildman–Crippen MR) is 76.5 cm³/mol. The molecule has 0 aromatic heterocycles. The largest absolute Gasteiger partial charge is 0.370 e. The van der Waals surface area contributed by atoms with Gasteiger partial charge in [-0.1, -0.05) is 6.07 Å². The summed E-state index contributed by atoms with van der Waals surface area (Å²) in [7, 11) is -3.37. The van der Waals surface area contributed by atoms with Crippen LogP contribution in [0.1, 0.15) is 24.0 Å². The fraction of sp³-hybridized carbons (Fsp3) is 0.462. The van der Waals surface area contributed by atoms with Crippen molar-refractivity contribution in [2.75, 3.05) is 17.1 Å². The number of nitrogens with zero attached hydrogens (tertiary/aromatic N) is 1. The molecule has 5 nitrogen and oxygen atoms in total. The number of carbonyl (C=O) groups is 1. The number of rotatable bonds is 6. The molecule has 0 saturated heterocycles. The van der Waals surface area contributed by atoms with Gasteiger partial charge in [-0.15, -0.1) is 0 Å². The average Bonchev–Trinajstić information content (AvgIpc) is 2.20. The van der Waals surface area contributed by atoms with Gasteiger partial charge in [0.1, 0.15) is 0 Å². The van der Waals surface area contributed by atoms with Gasteiger partial charge in [-0.2, -0.15) is 0 Å². The van der Waals surface area contributed by atoms with Crippen molar-refractivity contribution in [3.8, 4) is 0 Å². The minimum absolute atomic E-state index is 0.177. The Morgan fingerprint density at radius 2 is 1.74 bits per heavy atom. The van der Waals surface area contributed by atoms with E-state index in [1.165, 1.54) is 4.31 Å². The van der Waals surface area contributed by atoms with Crippen molar-refractivity contribution >= 4 is 21.6 Å². The molecule has 106 valence electrons. The molecule has 0 unspecified atom stereocenters. The molecule has 0 spiro atoms. The van der Waals surface area contributed by atoms with Crippen molar-refractivity contribution in [2.45, 2.75) is 26.7 Å². The van der Waals surface area contributed by atoms with E-state index in [-0.39, 0.29) is 13.0 Å². The number of aryl methyl sites for hydroxylation is 2. The van der Waals surface area contributed by atoms with Crippen molar-refractivity contribution in [3.63, 3.8) is 0 Å². The molecule has 0 aliphatic carbocycles. The van der Waals surface area contributed by atoms with Crippen LogP contribution in [0.3, 0.4) is 0 Å². The highest BCUT2D eigenvalue weighted by molar-refractivity contribution is 7.92. The first kappa shape index (κ1) is 15.5. The van der Waals surface area contributed by atoms with Gasteiger partial charge in [0.15, 0.2) is 0 Å². The first-order valence-corrected chi connectivity index (χ1v) is 7.89. The van der Waals surface area contributed by atoms with Crippen LogP contribution >= 0.6 is 0 Å². The van der Waals surface area contributed by atoms with Gasteiger partial charge in [-0.25, -0.2) is 8.42 Å². The molecule has 0 saturated carbocycles. The molecule has 0 aliphatic rings. The third kappa shape index (κ3) is 4.90. The third-order valence-electron chi connectivity index (χ3n) is 2.68. The average molecular weight is 284 g/mol. The normalized spacial score (nSPS) is 11.3. The zero-order valence-electron chi connectivity index (χ0n) is 11.5. The van der Waals surface area contributed by atoms with Crippen LogP contribution in [0.25, 0.3) is 0 Å². The van der Waals surface area contributed by atoms with E-state index in [0.717, 1.165) is 17.4 Å². The lowest BCUT2D eigenvalue weighted by atomic mass is 10.1. The van der Waals surface area contributed by atoms with Crippen LogP contribution < -0.4 is 10.0 Å². The Hall–Kier alpha value is -1.56. The van der Waals surface area contributed by atoms with Crippen molar-refractivity contribution in [1.29, 1.82) is 0 Å². The standard InChI is InChI=1S/C13H20N2O3S/c1-10-7-11(2)9-12(8-10)15(19(3,17)18)6-4-5-13(14)16/h7-9H,4-6H2,1-3H3,(H2,14,16). The third-order valence-corrected chi connectivity index (χ3v) is 3.87. The van der Waals surface area contributed by atoms with E-state index in [1.807, 2.05) is 32.0 Å². The van der Waals surface area contributed by atoms with Crippen LogP contribution in [0.4, 0.5) is 5.69 Å². The highest BCUT2D eigenvalue weighted by Gasteiger charge is 2.17. The quantitative estimate of drug-likeness (QED) is 0.856. The lowest BCUT2D eigenvalue weighted by Gasteiger charge is -2.23. The second-order valence-electron chi connectivity index (χ2n) is 4.75. The smallest absolute Gasteiger partial charge is 0.232 e. The monoisotopic (exact) mass is 284 g/mol. The van der Waals surface area contributed by atoms with E-state index in [4.69, 9.17) is 5.73 Å². The lowest BCUT2D eigenvalue weighted by molar-refractivity contribution is -0.118. The Kier molecular flexibility index (Phi) is 4.94. The summed E-state index contributed by atoms with van der Waals surface area (Å²) in [5, 5.41) is 0. The predicted octanol–water partition coefficient (Wildman–Crippen LogP) is 1.33. The van der Waals surface area contributed by atoms with Gasteiger partial charge in [0.2, 0.25) is 15.9 Å². The summed E-state index contributed by atoms with van der Waals surface area (Å²) in [4.78, 5) is 10.7. The van der Waals surface area contributed by atoms with E-state index in [9.17, 15) is 13.2 Å².